The average Bonchev–Trinajstić information content (AvgIpc) is 2.79. The second kappa shape index (κ2) is 6.21. The molecule has 1 aromatic heterocycles. The summed E-state index contributed by atoms with van der Waals surface area (Å²) in [7, 11) is 0. The summed E-state index contributed by atoms with van der Waals surface area (Å²) in [5.74, 6) is 1.88. The van der Waals surface area contributed by atoms with Gasteiger partial charge in [0.05, 0.1) is 6.54 Å². The standard InChI is InChI=1S/C14H15BrINO/c1-9(2)17-8-11-4-6-14(18-11)10-3-5-13(16)12(15)7-10/h3-7,9,17H,8H2,1-2H3. The van der Waals surface area contributed by atoms with E-state index in [1.807, 2.05) is 12.1 Å². The first-order valence-electron chi connectivity index (χ1n) is 5.84. The Balaban J connectivity index is 2.16. The van der Waals surface area contributed by atoms with Crippen LogP contribution in [0.5, 0.6) is 0 Å². The molecule has 2 rings (SSSR count). The zero-order chi connectivity index (χ0) is 13.1. The fraction of sp³-hybridized carbons (Fsp3) is 0.286. The minimum Gasteiger partial charge on any atom is -0.460 e. The van der Waals surface area contributed by atoms with E-state index in [0.29, 0.717) is 6.04 Å². The second-order valence-corrected chi connectivity index (χ2v) is 6.45. The Kier molecular flexibility index (Phi) is 4.86. The van der Waals surface area contributed by atoms with E-state index >= 15 is 0 Å². The number of hydrogen-bond acceptors (Lipinski definition) is 2. The molecule has 0 spiro atoms. The first-order valence-corrected chi connectivity index (χ1v) is 7.71. The fourth-order valence-corrected chi connectivity index (χ4v) is 2.30. The van der Waals surface area contributed by atoms with Gasteiger partial charge < -0.3 is 9.73 Å². The molecule has 96 valence electrons. The third kappa shape index (κ3) is 3.59. The zero-order valence-electron chi connectivity index (χ0n) is 10.3. The molecular formula is C14H15BrINO. The van der Waals surface area contributed by atoms with Crippen molar-refractivity contribution in [3.63, 3.8) is 0 Å². The average molecular weight is 420 g/mol. The van der Waals surface area contributed by atoms with Crippen LogP contribution >= 0.6 is 38.5 Å². The predicted octanol–water partition coefficient (Wildman–Crippen LogP) is 4.81. The van der Waals surface area contributed by atoms with Crippen LogP contribution in [0.15, 0.2) is 39.2 Å². The Morgan fingerprint density at radius 1 is 1.28 bits per heavy atom. The molecule has 0 atom stereocenters. The van der Waals surface area contributed by atoms with Gasteiger partial charge in [-0.25, -0.2) is 0 Å². The maximum Gasteiger partial charge on any atom is 0.134 e. The van der Waals surface area contributed by atoms with E-state index in [1.54, 1.807) is 0 Å². The van der Waals surface area contributed by atoms with Gasteiger partial charge in [0.25, 0.3) is 0 Å². The van der Waals surface area contributed by atoms with Gasteiger partial charge in [-0.3, -0.25) is 0 Å². The molecule has 0 unspecified atom stereocenters. The van der Waals surface area contributed by atoms with Gasteiger partial charge in [-0.05, 0) is 62.8 Å². The van der Waals surface area contributed by atoms with Crippen LogP contribution in [0.3, 0.4) is 0 Å². The van der Waals surface area contributed by atoms with Crippen molar-refractivity contribution >= 4 is 38.5 Å². The molecule has 4 heteroatoms. The number of hydrogen-bond donors (Lipinski definition) is 1. The SMILES string of the molecule is CC(C)NCc1ccc(-c2ccc(I)c(Br)c2)o1. The lowest BCUT2D eigenvalue weighted by atomic mass is 10.2. The second-order valence-electron chi connectivity index (χ2n) is 4.43. The molecule has 2 aromatic rings. The summed E-state index contributed by atoms with van der Waals surface area (Å²) in [4.78, 5) is 0. The van der Waals surface area contributed by atoms with E-state index in [9.17, 15) is 0 Å². The first-order chi connectivity index (χ1) is 8.56. The Bertz CT molecular complexity index is 536. The quantitative estimate of drug-likeness (QED) is 0.719. The lowest BCUT2D eigenvalue weighted by molar-refractivity contribution is 0.473. The summed E-state index contributed by atoms with van der Waals surface area (Å²) in [6.07, 6.45) is 0. The van der Waals surface area contributed by atoms with Crippen LogP contribution in [-0.4, -0.2) is 6.04 Å². The van der Waals surface area contributed by atoms with Gasteiger partial charge in [-0.1, -0.05) is 19.9 Å². The lowest BCUT2D eigenvalue weighted by Crippen LogP contribution is -2.21. The Morgan fingerprint density at radius 2 is 2.06 bits per heavy atom. The minimum atomic E-state index is 0.464. The monoisotopic (exact) mass is 419 g/mol. The van der Waals surface area contributed by atoms with Gasteiger partial charge in [-0.2, -0.15) is 0 Å². The van der Waals surface area contributed by atoms with Crippen molar-refractivity contribution in [2.75, 3.05) is 0 Å². The van der Waals surface area contributed by atoms with Crippen molar-refractivity contribution in [1.29, 1.82) is 0 Å². The molecular weight excluding hydrogens is 405 g/mol. The number of rotatable bonds is 4. The Morgan fingerprint density at radius 3 is 2.72 bits per heavy atom. The number of furan rings is 1. The van der Waals surface area contributed by atoms with Crippen molar-refractivity contribution in [2.24, 2.45) is 0 Å². The van der Waals surface area contributed by atoms with Crippen LogP contribution in [-0.2, 0) is 6.54 Å². The lowest BCUT2D eigenvalue weighted by Gasteiger charge is -2.05. The molecule has 1 heterocycles. The molecule has 2 nitrogen and oxygen atoms in total. The molecule has 1 N–H and O–H groups in total. The highest BCUT2D eigenvalue weighted by Gasteiger charge is 2.07. The molecule has 18 heavy (non-hydrogen) atoms. The minimum absolute atomic E-state index is 0.464. The molecule has 1 aromatic carbocycles. The summed E-state index contributed by atoms with van der Waals surface area (Å²) < 4.78 is 8.12. The molecule has 0 aliphatic rings. The van der Waals surface area contributed by atoms with Crippen LogP contribution in [0.1, 0.15) is 19.6 Å². The largest absolute Gasteiger partial charge is 0.460 e. The summed E-state index contributed by atoms with van der Waals surface area (Å²) >= 11 is 5.84. The molecule has 0 radical (unpaired) electrons. The molecule has 0 aliphatic heterocycles. The summed E-state index contributed by atoms with van der Waals surface area (Å²) in [5, 5.41) is 3.34. The topological polar surface area (TPSA) is 25.2 Å². The van der Waals surface area contributed by atoms with Crippen molar-refractivity contribution in [2.45, 2.75) is 26.4 Å². The van der Waals surface area contributed by atoms with Crippen molar-refractivity contribution in [1.82, 2.24) is 5.32 Å². The number of halogens is 2. The fourth-order valence-electron chi connectivity index (χ4n) is 1.58. The third-order valence-electron chi connectivity index (χ3n) is 2.55. The van der Waals surface area contributed by atoms with Crippen LogP contribution in [0, 0.1) is 3.57 Å². The van der Waals surface area contributed by atoms with Gasteiger partial charge in [0.15, 0.2) is 0 Å². The van der Waals surface area contributed by atoms with E-state index in [4.69, 9.17) is 4.42 Å². The molecule has 0 amide bonds. The maximum absolute atomic E-state index is 5.83. The number of nitrogens with one attached hydrogen (secondary N) is 1. The zero-order valence-corrected chi connectivity index (χ0v) is 14.1. The van der Waals surface area contributed by atoms with Gasteiger partial charge in [0, 0.05) is 19.6 Å². The molecule has 0 saturated carbocycles. The highest BCUT2D eigenvalue weighted by molar-refractivity contribution is 14.1. The van der Waals surface area contributed by atoms with Crippen LogP contribution in [0.25, 0.3) is 11.3 Å². The highest BCUT2D eigenvalue weighted by Crippen LogP contribution is 2.28. The van der Waals surface area contributed by atoms with Gasteiger partial charge in [0.2, 0.25) is 0 Å². The first kappa shape index (κ1) is 14.1. The van der Waals surface area contributed by atoms with E-state index in [2.05, 4.69) is 75.9 Å². The predicted molar refractivity (Wildman–Crippen MR) is 86.5 cm³/mol. The molecule has 0 bridgehead atoms. The maximum atomic E-state index is 5.83. The van der Waals surface area contributed by atoms with E-state index < -0.39 is 0 Å². The van der Waals surface area contributed by atoms with E-state index in [0.717, 1.165) is 28.1 Å². The van der Waals surface area contributed by atoms with Crippen molar-refractivity contribution in [3.8, 4) is 11.3 Å². The van der Waals surface area contributed by atoms with Crippen LogP contribution < -0.4 is 5.32 Å². The summed E-state index contributed by atoms with van der Waals surface area (Å²) in [5.41, 5.74) is 1.10. The van der Waals surface area contributed by atoms with E-state index in [1.165, 1.54) is 3.57 Å². The summed E-state index contributed by atoms with van der Waals surface area (Å²) in [6.45, 7) is 5.02. The molecule has 0 aliphatic carbocycles. The Labute approximate surface area is 129 Å². The number of benzene rings is 1. The third-order valence-corrected chi connectivity index (χ3v) is 4.89. The van der Waals surface area contributed by atoms with Gasteiger partial charge in [-0.15, -0.1) is 0 Å². The van der Waals surface area contributed by atoms with Gasteiger partial charge in [0.1, 0.15) is 11.5 Å². The van der Waals surface area contributed by atoms with Crippen molar-refractivity contribution < 1.29 is 4.42 Å². The van der Waals surface area contributed by atoms with E-state index in [-0.39, 0.29) is 0 Å². The van der Waals surface area contributed by atoms with Crippen molar-refractivity contribution in [3.05, 3.63) is 44.1 Å². The Hall–Kier alpha value is -0.330. The summed E-state index contributed by atoms with van der Waals surface area (Å²) in [6, 6.07) is 10.7. The normalized spacial score (nSPS) is 11.2. The highest BCUT2D eigenvalue weighted by atomic mass is 127. The van der Waals surface area contributed by atoms with Crippen LogP contribution in [0.2, 0.25) is 0 Å². The molecule has 0 saturated heterocycles. The van der Waals surface area contributed by atoms with Gasteiger partial charge >= 0.3 is 0 Å². The molecule has 0 fully saturated rings. The smallest absolute Gasteiger partial charge is 0.134 e. The van der Waals surface area contributed by atoms with Crippen LogP contribution in [0.4, 0.5) is 0 Å².